The first-order chi connectivity index (χ1) is 9.88. The van der Waals surface area contributed by atoms with E-state index in [0.717, 1.165) is 17.7 Å². The standard InChI is InChI=1S/C15H16F3NOS/c1-10-8-21-9-12(10)6-19-7-14(20)11-3-2-4-13(5-11)15(16,17)18/h2-5,8-9,14,19-20H,6-7H2,1H3. The Morgan fingerprint density at radius 2 is 2.05 bits per heavy atom. The summed E-state index contributed by atoms with van der Waals surface area (Å²) in [5.74, 6) is 0. The normalized spacial score (nSPS) is 13.4. The van der Waals surface area contributed by atoms with Gasteiger partial charge in [-0.25, -0.2) is 0 Å². The first-order valence-electron chi connectivity index (χ1n) is 6.45. The van der Waals surface area contributed by atoms with Crippen molar-refractivity contribution in [1.29, 1.82) is 0 Å². The number of hydrogen-bond donors (Lipinski definition) is 2. The van der Waals surface area contributed by atoms with Crippen LogP contribution in [0.3, 0.4) is 0 Å². The molecule has 1 unspecified atom stereocenters. The third-order valence-electron chi connectivity index (χ3n) is 3.21. The van der Waals surface area contributed by atoms with Crippen LogP contribution in [-0.2, 0) is 12.7 Å². The van der Waals surface area contributed by atoms with Crippen LogP contribution in [-0.4, -0.2) is 11.7 Å². The summed E-state index contributed by atoms with van der Waals surface area (Å²) in [5.41, 5.74) is 1.82. The van der Waals surface area contributed by atoms with E-state index in [2.05, 4.69) is 5.32 Å². The van der Waals surface area contributed by atoms with Gasteiger partial charge in [-0.3, -0.25) is 0 Å². The zero-order valence-electron chi connectivity index (χ0n) is 11.4. The second-order valence-corrected chi connectivity index (χ2v) is 5.59. The third-order valence-corrected chi connectivity index (χ3v) is 4.12. The summed E-state index contributed by atoms with van der Waals surface area (Å²) in [6.07, 6.45) is -5.36. The Bertz CT molecular complexity index is 595. The molecule has 1 heterocycles. The lowest BCUT2D eigenvalue weighted by Gasteiger charge is -2.14. The van der Waals surface area contributed by atoms with Crippen LogP contribution < -0.4 is 5.32 Å². The Morgan fingerprint density at radius 3 is 2.67 bits per heavy atom. The highest BCUT2D eigenvalue weighted by Crippen LogP contribution is 2.30. The van der Waals surface area contributed by atoms with Crippen LogP contribution in [0.5, 0.6) is 0 Å². The topological polar surface area (TPSA) is 32.3 Å². The second kappa shape index (κ2) is 6.60. The molecule has 6 heteroatoms. The lowest BCUT2D eigenvalue weighted by Crippen LogP contribution is -2.21. The monoisotopic (exact) mass is 315 g/mol. The van der Waals surface area contributed by atoms with Crippen LogP contribution in [0.2, 0.25) is 0 Å². The Kier molecular flexibility index (Phi) is 5.03. The van der Waals surface area contributed by atoms with E-state index in [1.165, 1.54) is 17.7 Å². The highest BCUT2D eigenvalue weighted by atomic mass is 32.1. The lowest BCUT2D eigenvalue weighted by molar-refractivity contribution is -0.137. The first kappa shape index (κ1) is 16.0. The van der Waals surface area contributed by atoms with Crippen molar-refractivity contribution >= 4 is 11.3 Å². The molecule has 0 saturated carbocycles. The van der Waals surface area contributed by atoms with Crippen molar-refractivity contribution < 1.29 is 18.3 Å². The van der Waals surface area contributed by atoms with Crippen molar-refractivity contribution in [2.45, 2.75) is 25.7 Å². The summed E-state index contributed by atoms with van der Waals surface area (Å²) in [7, 11) is 0. The molecule has 1 atom stereocenters. The molecule has 0 aliphatic rings. The minimum absolute atomic E-state index is 0.205. The third kappa shape index (κ3) is 4.30. The maximum absolute atomic E-state index is 12.6. The summed E-state index contributed by atoms with van der Waals surface area (Å²) in [4.78, 5) is 0. The van der Waals surface area contributed by atoms with Crippen LogP contribution in [0.1, 0.15) is 28.4 Å². The molecule has 21 heavy (non-hydrogen) atoms. The SMILES string of the molecule is Cc1cscc1CNCC(O)c1cccc(C(F)(F)F)c1. The fourth-order valence-corrected chi connectivity index (χ4v) is 2.81. The molecular weight excluding hydrogens is 299 g/mol. The predicted molar refractivity (Wildman–Crippen MR) is 77.2 cm³/mol. The van der Waals surface area contributed by atoms with E-state index in [4.69, 9.17) is 0 Å². The molecule has 114 valence electrons. The molecule has 2 rings (SSSR count). The highest BCUT2D eigenvalue weighted by molar-refractivity contribution is 7.08. The molecule has 2 nitrogen and oxygen atoms in total. The molecule has 2 N–H and O–H groups in total. The van der Waals surface area contributed by atoms with Gasteiger partial charge in [-0.1, -0.05) is 12.1 Å². The average molecular weight is 315 g/mol. The van der Waals surface area contributed by atoms with Crippen molar-refractivity contribution in [3.05, 3.63) is 57.3 Å². The predicted octanol–water partition coefficient (Wildman–Crippen LogP) is 3.90. The molecule has 0 aliphatic carbocycles. The number of rotatable bonds is 5. The Morgan fingerprint density at radius 1 is 1.29 bits per heavy atom. The largest absolute Gasteiger partial charge is 0.416 e. The number of alkyl halides is 3. The molecule has 0 radical (unpaired) electrons. The number of halogens is 3. The molecule has 0 fully saturated rings. The molecule has 1 aromatic heterocycles. The van der Waals surface area contributed by atoms with Gasteiger partial charge in [0.05, 0.1) is 11.7 Å². The first-order valence-corrected chi connectivity index (χ1v) is 7.40. The lowest BCUT2D eigenvalue weighted by atomic mass is 10.1. The zero-order valence-corrected chi connectivity index (χ0v) is 12.3. The van der Waals surface area contributed by atoms with E-state index in [1.807, 2.05) is 17.7 Å². The summed E-state index contributed by atoms with van der Waals surface area (Å²) in [6.45, 7) is 2.79. The van der Waals surface area contributed by atoms with Gasteiger partial charge in [0.2, 0.25) is 0 Å². The van der Waals surface area contributed by atoms with Gasteiger partial charge >= 0.3 is 6.18 Å². The van der Waals surface area contributed by atoms with E-state index in [1.54, 1.807) is 11.3 Å². The van der Waals surface area contributed by atoms with E-state index >= 15 is 0 Å². The van der Waals surface area contributed by atoms with Crippen LogP contribution in [0.25, 0.3) is 0 Å². The number of hydrogen-bond acceptors (Lipinski definition) is 3. The molecule has 0 spiro atoms. The highest BCUT2D eigenvalue weighted by Gasteiger charge is 2.30. The minimum Gasteiger partial charge on any atom is -0.387 e. The summed E-state index contributed by atoms with van der Waals surface area (Å²) < 4.78 is 37.9. The van der Waals surface area contributed by atoms with Crippen LogP contribution in [0.4, 0.5) is 13.2 Å². The molecule has 0 bridgehead atoms. The number of thiophene rings is 1. The van der Waals surface area contributed by atoms with Gasteiger partial charge in [-0.2, -0.15) is 24.5 Å². The van der Waals surface area contributed by atoms with Gasteiger partial charge in [-0.05, 0) is 46.5 Å². The van der Waals surface area contributed by atoms with E-state index in [9.17, 15) is 18.3 Å². The van der Waals surface area contributed by atoms with Gasteiger partial charge < -0.3 is 10.4 Å². The number of aryl methyl sites for hydroxylation is 1. The molecule has 0 amide bonds. The quantitative estimate of drug-likeness (QED) is 0.877. The number of aliphatic hydroxyl groups excluding tert-OH is 1. The van der Waals surface area contributed by atoms with Crippen molar-refractivity contribution in [3.63, 3.8) is 0 Å². The van der Waals surface area contributed by atoms with E-state index < -0.39 is 17.8 Å². The molecular formula is C15H16F3NOS. The van der Waals surface area contributed by atoms with Gasteiger partial charge in [0, 0.05) is 13.1 Å². The Labute approximate surface area is 125 Å². The Balaban J connectivity index is 1.94. The maximum atomic E-state index is 12.6. The van der Waals surface area contributed by atoms with Crippen molar-refractivity contribution in [2.75, 3.05) is 6.54 Å². The zero-order chi connectivity index (χ0) is 15.5. The summed E-state index contributed by atoms with van der Waals surface area (Å²) in [5, 5.41) is 17.1. The number of aliphatic hydroxyl groups is 1. The van der Waals surface area contributed by atoms with Gasteiger partial charge in [0.1, 0.15) is 0 Å². The average Bonchev–Trinajstić information content (AvgIpc) is 2.83. The summed E-state index contributed by atoms with van der Waals surface area (Å²) >= 11 is 1.60. The molecule has 0 aliphatic heterocycles. The maximum Gasteiger partial charge on any atom is 0.416 e. The van der Waals surface area contributed by atoms with E-state index in [-0.39, 0.29) is 12.1 Å². The second-order valence-electron chi connectivity index (χ2n) is 4.85. The van der Waals surface area contributed by atoms with Crippen LogP contribution >= 0.6 is 11.3 Å². The molecule has 2 aromatic rings. The van der Waals surface area contributed by atoms with Crippen LogP contribution in [0, 0.1) is 6.92 Å². The Hall–Kier alpha value is -1.37. The van der Waals surface area contributed by atoms with Crippen molar-refractivity contribution in [1.82, 2.24) is 5.32 Å². The fourth-order valence-electron chi connectivity index (χ4n) is 1.95. The smallest absolute Gasteiger partial charge is 0.387 e. The van der Waals surface area contributed by atoms with E-state index in [0.29, 0.717) is 6.54 Å². The van der Waals surface area contributed by atoms with Gasteiger partial charge in [0.25, 0.3) is 0 Å². The minimum atomic E-state index is -4.39. The van der Waals surface area contributed by atoms with Crippen LogP contribution in [0.15, 0.2) is 35.0 Å². The number of benzene rings is 1. The molecule has 1 aromatic carbocycles. The molecule has 0 saturated heterocycles. The number of nitrogens with one attached hydrogen (secondary N) is 1. The van der Waals surface area contributed by atoms with Gasteiger partial charge in [-0.15, -0.1) is 0 Å². The van der Waals surface area contributed by atoms with Crippen molar-refractivity contribution in [3.8, 4) is 0 Å². The fraction of sp³-hybridized carbons (Fsp3) is 0.333. The van der Waals surface area contributed by atoms with Gasteiger partial charge in [0.15, 0.2) is 0 Å². The summed E-state index contributed by atoms with van der Waals surface area (Å²) in [6, 6.07) is 4.79. The van der Waals surface area contributed by atoms with Crippen molar-refractivity contribution in [2.24, 2.45) is 0 Å².